The van der Waals surface area contributed by atoms with Crippen LogP contribution in [0.2, 0.25) is 0 Å². The first kappa shape index (κ1) is 22.3. The molecular weight excluding hydrogens is 419 g/mol. The van der Waals surface area contributed by atoms with Crippen LogP contribution in [0.5, 0.6) is 11.5 Å². The van der Waals surface area contributed by atoms with Gasteiger partial charge < -0.3 is 10.1 Å². The number of anilines is 2. The zero-order chi connectivity index (χ0) is 22.4. The lowest BCUT2D eigenvalue weighted by Gasteiger charge is -2.30. The molecule has 0 fully saturated rings. The number of hydrogen-bond donors (Lipinski definition) is 1. The molecule has 3 aromatic rings. The molecule has 0 aliphatic carbocycles. The molecule has 0 aromatic heterocycles. The SMILES string of the molecule is CC[C@H](C(=O)Nc1ccc(Oc2ccccc2)cc1)N(c1ccccc1F)S(C)(=O)=O. The molecule has 0 spiro atoms. The number of benzene rings is 3. The van der Waals surface area contributed by atoms with E-state index in [0.29, 0.717) is 17.2 Å². The number of nitrogens with one attached hydrogen (secondary N) is 1. The van der Waals surface area contributed by atoms with Gasteiger partial charge in [0.25, 0.3) is 0 Å². The first-order chi connectivity index (χ1) is 14.8. The van der Waals surface area contributed by atoms with Crippen LogP contribution in [0.15, 0.2) is 78.9 Å². The molecule has 0 aliphatic heterocycles. The van der Waals surface area contributed by atoms with Crippen LogP contribution in [-0.2, 0) is 14.8 Å². The van der Waals surface area contributed by atoms with Gasteiger partial charge in [0.1, 0.15) is 23.4 Å². The number of carbonyl (C=O) groups is 1. The fraction of sp³-hybridized carbons (Fsp3) is 0.174. The van der Waals surface area contributed by atoms with E-state index in [1.165, 1.54) is 18.2 Å². The van der Waals surface area contributed by atoms with Gasteiger partial charge in [0.05, 0.1) is 11.9 Å². The number of sulfonamides is 1. The molecule has 3 rings (SSSR count). The Kier molecular flexibility index (Phi) is 6.91. The number of ether oxygens (including phenoxy) is 1. The first-order valence-electron chi connectivity index (χ1n) is 9.67. The zero-order valence-corrected chi connectivity index (χ0v) is 18.0. The van der Waals surface area contributed by atoms with Gasteiger partial charge in [-0.3, -0.25) is 9.10 Å². The standard InChI is InChI=1S/C23H23FN2O4S/c1-3-21(26(31(2,28)29)22-12-8-7-11-20(22)24)23(27)25-17-13-15-19(16-14-17)30-18-9-5-4-6-10-18/h4-16,21H,3H2,1-2H3,(H,25,27)/t21-/m1/s1. The topological polar surface area (TPSA) is 75.7 Å². The average molecular weight is 443 g/mol. The Balaban J connectivity index is 1.79. The van der Waals surface area contributed by atoms with E-state index in [9.17, 15) is 17.6 Å². The van der Waals surface area contributed by atoms with Gasteiger partial charge in [0.2, 0.25) is 15.9 Å². The van der Waals surface area contributed by atoms with E-state index in [-0.39, 0.29) is 12.1 Å². The van der Waals surface area contributed by atoms with Gasteiger partial charge >= 0.3 is 0 Å². The highest BCUT2D eigenvalue weighted by atomic mass is 32.2. The second-order valence-electron chi connectivity index (χ2n) is 6.86. The van der Waals surface area contributed by atoms with Crippen molar-refractivity contribution in [2.24, 2.45) is 0 Å². The third-order valence-electron chi connectivity index (χ3n) is 4.52. The molecule has 1 amide bonds. The lowest BCUT2D eigenvalue weighted by atomic mass is 10.1. The maximum Gasteiger partial charge on any atom is 0.248 e. The van der Waals surface area contributed by atoms with Gasteiger partial charge in [-0.05, 0) is 55.0 Å². The molecule has 8 heteroatoms. The summed E-state index contributed by atoms with van der Waals surface area (Å²) in [7, 11) is -3.92. The summed E-state index contributed by atoms with van der Waals surface area (Å²) in [5.74, 6) is -0.0196. The van der Waals surface area contributed by atoms with Gasteiger partial charge in [-0.25, -0.2) is 12.8 Å². The largest absolute Gasteiger partial charge is 0.457 e. The van der Waals surface area contributed by atoms with Crippen LogP contribution in [0.25, 0.3) is 0 Å². The van der Waals surface area contributed by atoms with Crippen LogP contribution in [0.1, 0.15) is 13.3 Å². The van der Waals surface area contributed by atoms with Crippen molar-refractivity contribution in [1.29, 1.82) is 0 Å². The maximum atomic E-state index is 14.3. The molecule has 0 bridgehead atoms. The lowest BCUT2D eigenvalue weighted by Crippen LogP contribution is -2.47. The molecule has 0 saturated carbocycles. The van der Waals surface area contributed by atoms with Crippen molar-refractivity contribution in [3.63, 3.8) is 0 Å². The molecule has 1 N–H and O–H groups in total. The summed E-state index contributed by atoms with van der Waals surface area (Å²) >= 11 is 0. The predicted molar refractivity (Wildman–Crippen MR) is 119 cm³/mol. The molecule has 162 valence electrons. The van der Waals surface area contributed by atoms with Crippen LogP contribution in [0, 0.1) is 5.82 Å². The quantitative estimate of drug-likeness (QED) is 0.544. The first-order valence-corrected chi connectivity index (χ1v) is 11.5. The summed E-state index contributed by atoms with van der Waals surface area (Å²) < 4.78 is 45.7. The third kappa shape index (κ3) is 5.61. The number of rotatable bonds is 8. The molecule has 6 nitrogen and oxygen atoms in total. The van der Waals surface area contributed by atoms with Crippen LogP contribution in [0.4, 0.5) is 15.8 Å². The lowest BCUT2D eigenvalue weighted by molar-refractivity contribution is -0.117. The molecule has 0 saturated heterocycles. The zero-order valence-electron chi connectivity index (χ0n) is 17.2. The highest BCUT2D eigenvalue weighted by Crippen LogP contribution is 2.27. The van der Waals surface area contributed by atoms with Crippen molar-refractivity contribution >= 4 is 27.3 Å². The fourth-order valence-electron chi connectivity index (χ4n) is 3.12. The fourth-order valence-corrected chi connectivity index (χ4v) is 4.33. The van der Waals surface area contributed by atoms with Gasteiger partial charge in [0, 0.05) is 5.69 Å². The second-order valence-corrected chi connectivity index (χ2v) is 8.72. The molecule has 0 unspecified atom stereocenters. The number of hydrogen-bond acceptors (Lipinski definition) is 4. The van der Waals surface area contributed by atoms with Crippen molar-refractivity contribution < 1.29 is 22.3 Å². The summed E-state index contributed by atoms with van der Waals surface area (Å²) in [4.78, 5) is 12.9. The minimum Gasteiger partial charge on any atom is -0.457 e. The van der Waals surface area contributed by atoms with E-state index < -0.39 is 27.8 Å². The molecule has 3 aromatic carbocycles. The third-order valence-corrected chi connectivity index (χ3v) is 5.69. The number of para-hydroxylation sites is 2. The smallest absolute Gasteiger partial charge is 0.248 e. The summed E-state index contributed by atoms with van der Waals surface area (Å²) in [6, 6.07) is 20.3. The van der Waals surface area contributed by atoms with E-state index in [1.54, 1.807) is 31.2 Å². The molecule has 31 heavy (non-hydrogen) atoms. The number of halogens is 1. The molecule has 0 aliphatic rings. The van der Waals surface area contributed by atoms with Crippen molar-refractivity contribution in [1.82, 2.24) is 0 Å². The predicted octanol–water partition coefficient (Wildman–Crippen LogP) is 4.80. The van der Waals surface area contributed by atoms with Crippen LogP contribution >= 0.6 is 0 Å². The minimum atomic E-state index is -3.92. The van der Waals surface area contributed by atoms with Gasteiger partial charge in [-0.15, -0.1) is 0 Å². The van der Waals surface area contributed by atoms with E-state index >= 15 is 0 Å². The summed E-state index contributed by atoms with van der Waals surface area (Å²) in [5, 5.41) is 2.70. The van der Waals surface area contributed by atoms with Crippen LogP contribution < -0.4 is 14.4 Å². The van der Waals surface area contributed by atoms with Gasteiger partial charge in [-0.1, -0.05) is 37.3 Å². The summed E-state index contributed by atoms with van der Waals surface area (Å²) in [5.41, 5.74) is 0.296. The van der Waals surface area contributed by atoms with E-state index in [2.05, 4.69) is 5.32 Å². The van der Waals surface area contributed by atoms with Crippen LogP contribution in [0.3, 0.4) is 0 Å². The molecule has 0 radical (unpaired) electrons. The Morgan fingerprint density at radius 1 is 0.968 bits per heavy atom. The van der Waals surface area contributed by atoms with Crippen molar-refractivity contribution in [2.45, 2.75) is 19.4 Å². The second kappa shape index (κ2) is 9.61. The summed E-state index contributed by atoms with van der Waals surface area (Å²) in [6.45, 7) is 1.67. The highest BCUT2D eigenvalue weighted by Gasteiger charge is 2.33. The molecule has 1 atom stereocenters. The van der Waals surface area contributed by atoms with E-state index in [4.69, 9.17) is 4.74 Å². The number of nitrogens with zero attached hydrogens (tertiary/aromatic N) is 1. The normalized spacial score (nSPS) is 12.1. The van der Waals surface area contributed by atoms with Crippen LogP contribution in [-0.4, -0.2) is 26.6 Å². The molecule has 0 heterocycles. The highest BCUT2D eigenvalue weighted by molar-refractivity contribution is 7.92. The Hall–Kier alpha value is -3.39. The Morgan fingerprint density at radius 2 is 1.55 bits per heavy atom. The monoisotopic (exact) mass is 442 g/mol. The molecular formula is C23H23FN2O4S. The van der Waals surface area contributed by atoms with Crippen molar-refractivity contribution in [2.75, 3.05) is 15.9 Å². The van der Waals surface area contributed by atoms with E-state index in [0.717, 1.165) is 16.6 Å². The number of carbonyl (C=O) groups excluding carboxylic acids is 1. The van der Waals surface area contributed by atoms with Crippen molar-refractivity contribution in [3.8, 4) is 11.5 Å². The Bertz CT molecular complexity index is 1140. The van der Waals surface area contributed by atoms with E-state index in [1.807, 2.05) is 30.3 Å². The number of amides is 1. The summed E-state index contributed by atoms with van der Waals surface area (Å²) in [6.07, 6.45) is 1.10. The Morgan fingerprint density at radius 3 is 2.13 bits per heavy atom. The Labute approximate surface area is 181 Å². The average Bonchev–Trinajstić information content (AvgIpc) is 2.74. The van der Waals surface area contributed by atoms with Gasteiger partial charge in [-0.2, -0.15) is 0 Å². The maximum absolute atomic E-state index is 14.3. The van der Waals surface area contributed by atoms with Crippen molar-refractivity contribution in [3.05, 3.63) is 84.7 Å². The van der Waals surface area contributed by atoms with Gasteiger partial charge in [0.15, 0.2) is 0 Å². The minimum absolute atomic E-state index is 0.155.